The number of rotatable bonds is 1. The summed E-state index contributed by atoms with van der Waals surface area (Å²) < 4.78 is 38.2. The zero-order valence-electron chi connectivity index (χ0n) is 9.92. The van der Waals surface area contributed by atoms with E-state index in [4.69, 9.17) is 0 Å². The van der Waals surface area contributed by atoms with Gasteiger partial charge in [-0.1, -0.05) is 6.07 Å². The van der Waals surface area contributed by atoms with Crippen LogP contribution in [-0.2, 0) is 6.18 Å². The largest absolute Gasteiger partial charge is 0.433 e. The fourth-order valence-corrected chi connectivity index (χ4v) is 1.67. The Morgan fingerprint density at radius 2 is 1.78 bits per heavy atom. The van der Waals surface area contributed by atoms with Crippen molar-refractivity contribution in [2.24, 2.45) is 0 Å². The average Bonchev–Trinajstić information content (AvgIpc) is 2.28. The third-order valence-corrected chi connectivity index (χ3v) is 2.54. The summed E-state index contributed by atoms with van der Waals surface area (Å²) in [5.74, 6) is 0. The maximum atomic E-state index is 12.7. The highest BCUT2D eigenvalue weighted by Crippen LogP contribution is 2.31. The van der Waals surface area contributed by atoms with E-state index >= 15 is 0 Å². The molecule has 5 heteroatoms. The van der Waals surface area contributed by atoms with Gasteiger partial charge in [0.2, 0.25) is 0 Å². The number of aromatic nitrogens is 2. The topological polar surface area (TPSA) is 25.8 Å². The molecular formula is C13H11F3N2. The van der Waals surface area contributed by atoms with Crippen LogP contribution in [0.4, 0.5) is 13.2 Å². The van der Waals surface area contributed by atoms with Gasteiger partial charge < -0.3 is 0 Å². The molecule has 2 rings (SSSR count). The van der Waals surface area contributed by atoms with Crippen molar-refractivity contribution in [3.8, 4) is 11.3 Å². The fourth-order valence-electron chi connectivity index (χ4n) is 1.67. The van der Waals surface area contributed by atoms with Crippen molar-refractivity contribution in [2.75, 3.05) is 0 Å². The predicted octanol–water partition coefficient (Wildman–Crippen LogP) is 3.78. The highest BCUT2D eigenvalue weighted by Gasteiger charge is 2.34. The van der Waals surface area contributed by atoms with Gasteiger partial charge in [0.05, 0.1) is 5.69 Å². The van der Waals surface area contributed by atoms with Crippen LogP contribution in [0.5, 0.6) is 0 Å². The van der Waals surface area contributed by atoms with Crippen molar-refractivity contribution in [3.05, 3.63) is 47.4 Å². The minimum absolute atomic E-state index is 0.117. The van der Waals surface area contributed by atoms with Gasteiger partial charge in [-0.05, 0) is 37.1 Å². The highest BCUT2D eigenvalue weighted by molar-refractivity contribution is 5.59. The smallest absolute Gasteiger partial charge is 0.264 e. The van der Waals surface area contributed by atoms with Gasteiger partial charge in [0.25, 0.3) is 0 Å². The number of hydrogen-bond donors (Lipinski definition) is 0. The standard InChI is InChI=1S/C13H11F3N2/c1-8-5-10(7-17-6-8)11-4-3-9(2)12(18-11)13(14,15)16/h3-7H,1-2H3. The fraction of sp³-hybridized carbons (Fsp3) is 0.231. The molecule has 94 valence electrons. The van der Waals surface area contributed by atoms with E-state index in [1.807, 2.05) is 6.92 Å². The van der Waals surface area contributed by atoms with E-state index in [2.05, 4.69) is 9.97 Å². The Hall–Kier alpha value is -1.91. The molecular weight excluding hydrogens is 241 g/mol. The SMILES string of the molecule is Cc1cncc(-c2ccc(C)c(C(F)(F)F)n2)c1. The van der Waals surface area contributed by atoms with Crippen molar-refractivity contribution in [3.63, 3.8) is 0 Å². The Kier molecular flexibility index (Phi) is 3.07. The maximum Gasteiger partial charge on any atom is 0.433 e. The van der Waals surface area contributed by atoms with E-state index in [0.717, 1.165) is 5.56 Å². The molecule has 0 aliphatic rings. The van der Waals surface area contributed by atoms with Crippen LogP contribution in [0.1, 0.15) is 16.8 Å². The summed E-state index contributed by atoms with van der Waals surface area (Å²) >= 11 is 0. The first kappa shape index (κ1) is 12.5. The lowest BCUT2D eigenvalue weighted by molar-refractivity contribution is -0.141. The van der Waals surface area contributed by atoms with E-state index in [-0.39, 0.29) is 11.3 Å². The third kappa shape index (κ3) is 2.50. The second-order valence-electron chi connectivity index (χ2n) is 4.11. The van der Waals surface area contributed by atoms with Gasteiger partial charge in [-0.3, -0.25) is 4.98 Å². The van der Waals surface area contributed by atoms with Crippen LogP contribution in [0, 0.1) is 13.8 Å². The van der Waals surface area contributed by atoms with Crippen LogP contribution in [0.2, 0.25) is 0 Å². The van der Waals surface area contributed by atoms with E-state index < -0.39 is 11.9 Å². The summed E-state index contributed by atoms with van der Waals surface area (Å²) in [6, 6.07) is 4.75. The normalized spacial score (nSPS) is 11.6. The van der Waals surface area contributed by atoms with Gasteiger partial charge in [-0.15, -0.1) is 0 Å². The van der Waals surface area contributed by atoms with Gasteiger partial charge in [-0.25, -0.2) is 4.98 Å². The Morgan fingerprint density at radius 1 is 1.06 bits per heavy atom. The maximum absolute atomic E-state index is 12.7. The van der Waals surface area contributed by atoms with Gasteiger partial charge in [0.15, 0.2) is 0 Å². The molecule has 0 aliphatic carbocycles. The summed E-state index contributed by atoms with van der Waals surface area (Å²) in [5.41, 5.74) is 1.02. The minimum Gasteiger partial charge on any atom is -0.264 e. The summed E-state index contributed by atoms with van der Waals surface area (Å²) in [4.78, 5) is 7.64. The Bertz CT molecular complexity index is 577. The molecule has 0 aromatic carbocycles. The number of nitrogens with zero attached hydrogens (tertiary/aromatic N) is 2. The van der Waals surface area contributed by atoms with Crippen molar-refractivity contribution < 1.29 is 13.2 Å². The molecule has 2 nitrogen and oxygen atoms in total. The number of pyridine rings is 2. The number of hydrogen-bond acceptors (Lipinski definition) is 2. The molecule has 0 fully saturated rings. The Balaban J connectivity index is 2.54. The number of halogens is 3. The highest BCUT2D eigenvalue weighted by atomic mass is 19.4. The second-order valence-corrected chi connectivity index (χ2v) is 4.11. The van der Waals surface area contributed by atoms with E-state index in [9.17, 15) is 13.2 Å². The van der Waals surface area contributed by atoms with Crippen LogP contribution in [0.15, 0.2) is 30.6 Å². The molecule has 0 N–H and O–H groups in total. The van der Waals surface area contributed by atoms with Crippen molar-refractivity contribution in [2.45, 2.75) is 20.0 Å². The second kappa shape index (κ2) is 4.40. The number of alkyl halides is 3. The molecule has 0 saturated carbocycles. The van der Waals surface area contributed by atoms with Crippen LogP contribution < -0.4 is 0 Å². The molecule has 0 unspecified atom stereocenters. The lowest BCUT2D eigenvalue weighted by Crippen LogP contribution is -2.10. The third-order valence-electron chi connectivity index (χ3n) is 2.54. The van der Waals surface area contributed by atoms with Gasteiger partial charge in [0, 0.05) is 18.0 Å². The van der Waals surface area contributed by atoms with E-state index in [1.165, 1.54) is 19.2 Å². The van der Waals surface area contributed by atoms with Crippen LogP contribution in [0.3, 0.4) is 0 Å². The van der Waals surface area contributed by atoms with Gasteiger partial charge in [0.1, 0.15) is 5.69 Å². The molecule has 0 spiro atoms. The van der Waals surface area contributed by atoms with Crippen molar-refractivity contribution in [1.82, 2.24) is 9.97 Å². The molecule has 0 saturated heterocycles. The molecule has 0 atom stereocenters. The van der Waals surface area contributed by atoms with Gasteiger partial charge in [-0.2, -0.15) is 13.2 Å². The Labute approximate surface area is 103 Å². The summed E-state index contributed by atoms with van der Waals surface area (Å²) in [5, 5.41) is 0. The first-order valence-corrected chi connectivity index (χ1v) is 5.35. The van der Waals surface area contributed by atoms with Crippen LogP contribution in [0.25, 0.3) is 11.3 Å². The summed E-state index contributed by atoms with van der Waals surface area (Å²) in [7, 11) is 0. The first-order valence-electron chi connectivity index (χ1n) is 5.35. The first-order chi connectivity index (χ1) is 8.38. The average molecular weight is 252 g/mol. The number of aryl methyl sites for hydroxylation is 2. The molecule has 2 heterocycles. The van der Waals surface area contributed by atoms with Crippen LogP contribution in [-0.4, -0.2) is 9.97 Å². The minimum atomic E-state index is -4.43. The van der Waals surface area contributed by atoms with Crippen molar-refractivity contribution >= 4 is 0 Å². The molecule has 0 bridgehead atoms. The van der Waals surface area contributed by atoms with Gasteiger partial charge >= 0.3 is 6.18 Å². The molecule has 18 heavy (non-hydrogen) atoms. The van der Waals surface area contributed by atoms with E-state index in [1.54, 1.807) is 18.3 Å². The van der Waals surface area contributed by atoms with E-state index in [0.29, 0.717) is 5.56 Å². The monoisotopic (exact) mass is 252 g/mol. The zero-order chi connectivity index (χ0) is 13.3. The molecule has 0 aliphatic heterocycles. The summed E-state index contributed by atoms with van der Waals surface area (Å²) in [6.45, 7) is 3.23. The lowest BCUT2D eigenvalue weighted by Gasteiger charge is -2.11. The van der Waals surface area contributed by atoms with Crippen LogP contribution >= 0.6 is 0 Å². The molecule has 2 aromatic rings. The Morgan fingerprint density at radius 3 is 2.39 bits per heavy atom. The summed E-state index contributed by atoms with van der Waals surface area (Å²) in [6.07, 6.45) is -1.29. The van der Waals surface area contributed by atoms with Crippen molar-refractivity contribution in [1.29, 1.82) is 0 Å². The molecule has 2 aromatic heterocycles. The predicted molar refractivity (Wildman–Crippen MR) is 61.9 cm³/mol. The molecule has 0 amide bonds. The zero-order valence-corrected chi connectivity index (χ0v) is 9.92. The molecule has 0 radical (unpaired) electrons. The quantitative estimate of drug-likeness (QED) is 0.771. The lowest BCUT2D eigenvalue weighted by atomic mass is 10.1.